The van der Waals surface area contributed by atoms with Crippen LogP contribution in [-0.2, 0) is 0 Å². The molecule has 0 spiro atoms. The van der Waals surface area contributed by atoms with E-state index in [1.54, 1.807) is 0 Å². The van der Waals surface area contributed by atoms with Crippen LogP contribution >= 0.6 is 15.9 Å². The molecule has 2 aromatic heterocycles. The molecular weight excluding hydrogens is 462 g/mol. The fraction of sp³-hybridized carbons (Fsp3) is 0.0741. The SMILES string of the molecule is Brc1cccc(-c2nc(-c3ccccc3)nc(-c3ccc4c5c(oc4c3)=CCCC=5)n2)c1. The van der Waals surface area contributed by atoms with Crippen molar-refractivity contribution in [2.75, 3.05) is 0 Å². The summed E-state index contributed by atoms with van der Waals surface area (Å²) >= 11 is 3.55. The van der Waals surface area contributed by atoms with Crippen LogP contribution in [0.25, 0.3) is 57.3 Å². The number of aromatic nitrogens is 3. The number of hydrogen-bond acceptors (Lipinski definition) is 4. The Morgan fingerprint density at radius 3 is 2.12 bits per heavy atom. The molecule has 0 fully saturated rings. The number of hydrogen-bond donors (Lipinski definition) is 0. The molecule has 154 valence electrons. The van der Waals surface area contributed by atoms with E-state index in [0.29, 0.717) is 17.5 Å². The highest BCUT2D eigenvalue weighted by atomic mass is 79.9. The van der Waals surface area contributed by atoms with E-state index in [-0.39, 0.29) is 0 Å². The van der Waals surface area contributed by atoms with Gasteiger partial charge in [0.05, 0.1) is 0 Å². The largest absolute Gasteiger partial charge is 0.456 e. The highest BCUT2D eigenvalue weighted by molar-refractivity contribution is 9.10. The fourth-order valence-corrected chi connectivity index (χ4v) is 4.46. The van der Waals surface area contributed by atoms with E-state index in [1.165, 1.54) is 5.22 Å². The first-order chi connectivity index (χ1) is 15.7. The summed E-state index contributed by atoms with van der Waals surface area (Å²) < 4.78 is 7.11. The van der Waals surface area contributed by atoms with Gasteiger partial charge in [0.2, 0.25) is 0 Å². The van der Waals surface area contributed by atoms with Crippen LogP contribution in [0.3, 0.4) is 0 Å². The Labute approximate surface area is 193 Å². The summed E-state index contributed by atoms with van der Waals surface area (Å²) in [6.45, 7) is 0. The first kappa shape index (κ1) is 19.1. The van der Waals surface area contributed by atoms with Crippen LogP contribution < -0.4 is 10.6 Å². The molecule has 32 heavy (non-hydrogen) atoms. The average molecular weight is 480 g/mol. The van der Waals surface area contributed by atoms with Gasteiger partial charge in [-0.2, -0.15) is 0 Å². The van der Waals surface area contributed by atoms with Crippen LogP contribution in [0.2, 0.25) is 0 Å². The summed E-state index contributed by atoms with van der Waals surface area (Å²) in [4.78, 5) is 14.4. The van der Waals surface area contributed by atoms with Gasteiger partial charge in [-0.1, -0.05) is 70.5 Å². The van der Waals surface area contributed by atoms with Crippen LogP contribution in [0.15, 0.2) is 81.7 Å². The Kier molecular flexibility index (Phi) is 4.69. The topological polar surface area (TPSA) is 51.8 Å². The lowest BCUT2D eigenvalue weighted by molar-refractivity contribution is 0.572. The highest BCUT2D eigenvalue weighted by Gasteiger charge is 2.14. The molecule has 0 unspecified atom stereocenters. The van der Waals surface area contributed by atoms with Crippen molar-refractivity contribution in [3.05, 3.63) is 87.9 Å². The van der Waals surface area contributed by atoms with Crippen molar-refractivity contribution in [1.82, 2.24) is 15.0 Å². The van der Waals surface area contributed by atoms with Gasteiger partial charge >= 0.3 is 0 Å². The number of fused-ring (bicyclic) bond motifs is 3. The van der Waals surface area contributed by atoms with E-state index >= 15 is 0 Å². The first-order valence-electron chi connectivity index (χ1n) is 10.6. The summed E-state index contributed by atoms with van der Waals surface area (Å²) in [5.41, 5.74) is 4.59. The summed E-state index contributed by atoms with van der Waals surface area (Å²) in [5, 5.41) is 2.32. The molecule has 0 bridgehead atoms. The van der Waals surface area contributed by atoms with Crippen LogP contribution in [-0.4, -0.2) is 15.0 Å². The molecule has 1 aliphatic rings. The predicted octanol–water partition coefficient (Wildman–Crippen LogP) is 5.74. The third-order valence-electron chi connectivity index (χ3n) is 5.61. The Morgan fingerprint density at radius 2 is 1.34 bits per heavy atom. The highest BCUT2D eigenvalue weighted by Crippen LogP contribution is 2.27. The van der Waals surface area contributed by atoms with Gasteiger partial charge in [-0.15, -0.1) is 0 Å². The normalized spacial score (nSPS) is 12.8. The lowest BCUT2D eigenvalue weighted by atomic mass is 10.1. The summed E-state index contributed by atoms with van der Waals surface area (Å²) in [5.74, 6) is 1.90. The summed E-state index contributed by atoms with van der Waals surface area (Å²) in [6.07, 6.45) is 6.48. The van der Waals surface area contributed by atoms with Gasteiger partial charge in [0.1, 0.15) is 11.0 Å². The quantitative estimate of drug-likeness (QED) is 0.331. The lowest BCUT2D eigenvalue weighted by Crippen LogP contribution is -2.21. The zero-order valence-electron chi connectivity index (χ0n) is 17.1. The maximum atomic E-state index is 6.13. The maximum absolute atomic E-state index is 6.13. The minimum absolute atomic E-state index is 0.623. The Bertz CT molecular complexity index is 1590. The third kappa shape index (κ3) is 3.45. The van der Waals surface area contributed by atoms with Gasteiger partial charge in [0.25, 0.3) is 0 Å². The molecule has 4 nitrogen and oxygen atoms in total. The molecule has 0 saturated carbocycles. The fourth-order valence-electron chi connectivity index (χ4n) is 4.06. The molecule has 0 N–H and O–H groups in total. The minimum atomic E-state index is 0.623. The smallest absolute Gasteiger partial charge is 0.164 e. The molecule has 0 saturated heterocycles. The number of furan rings is 1. The van der Waals surface area contributed by atoms with Crippen molar-refractivity contribution in [2.24, 2.45) is 0 Å². The molecule has 5 heteroatoms. The van der Waals surface area contributed by atoms with Crippen molar-refractivity contribution in [3.8, 4) is 34.2 Å². The van der Waals surface area contributed by atoms with Crippen LogP contribution in [0.4, 0.5) is 0 Å². The molecule has 3 aromatic carbocycles. The molecular formula is C27H18BrN3O. The molecule has 0 atom stereocenters. The predicted molar refractivity (Wildman–Crippen MR) is 131 cm³/mol. The molecule has 5 aromatic rings. The second kappa shape index (κ2) is 7.84. The molecule has 2 heterocycles. The van der Waals surface area contributed by atoms with E-state index in [1.807, 2.05) is 60.7 Å². The van der Waals surface area contributed by atoms with Crippen molar-refractivity contribution in [1.29, 1.82) is 0 Å². The van der Waals surface area contributed by atoms with Gasteiger partial charge in [-0.25, -0.2) is 15.0 Å². The lowest BCUT2D eigenvalue weighted by Gasteiger charge is -2.08. The van der Waals surface area contributed by atoms with Crippen molar-refractivity contribution >= 4 is 39.1 Å². The molecule has 1 aliphatic carbocycles. The Hall–Kier alpha value is -3.57. The van der Waals surface area contributed by atoms with Gasteiger partial charge < -0.3 is 4.42 Å². The Balaban J connectivity index is 1.56. The average Bonchev–Trinajstić information content (AvgIpc) is 3.22. The van der Waals surface area contributed by atoms with Crippen LogP contribution in [0.5, 0.6) is 0 Å². The van der Waals surface area contributed by atoms with E-state index in [0.717, 1.165) is 50.4 Å². The molecule has 0 radical (unpaired) electrons. The van der Waals surface area contributed by atoms with Gasteiger partial charge in [0.15, 0.2) is 17.5 Å². The van der Waals surface area contributed by atoms with Crippen molar-refractivity contribution < 1.29 is 4.42 Å². The Morgan fingerprint density at radius 1 is 0.656 bits per heavy atom. The van der Waals surface area contributed by atoms with E-state index in [9.17, 15) is 0 Å². The van der Waals surface area contributed by atoms with Gasteiger partial charge in [-0.3, -0.25) is 0 Å². The zero-order valence-corrected chi connectivity index (χ0v) is 18.7. The molecule has 6 rings (SSSR count). The zero-order chi connectivity index (χ0) is 21.5. The molecule has 0 aliphatic heterocycles. The van der Waals surface area contributed by atoms with E-state index < -0.39 is 0 Å². The minimum Gasteiger partial charge on any atom is -0.456 e. The standard InChI is InChI=1S/C27H18BrN3O/c28-20-10-6-9-18(15-20)26-29-25(17-7-2-1-3-8-17)30-27(31-26)19-13-14-22-21-11-4-5-12-23(21)32-24(22)16-19/h1-3,6-16H,4-5H2. The van der Waals surface area contributed by atoms with E-state index in [2.05, 4.69) is 40.2 Å². The van der Waals surface area contributed by atoms with E-state index in [4.69, 9.17) is 19.4 Å². The number of nitrogens with zero attached hydrogens (tertiary/aromatic N) is 3. The number of rotatable bonds is 3. The van der Waals surface area contributed by atoms with Crippen LogP contribution in [0, 0.1) is 0 Å². The van der Waals surface area contributed by atoms with Gasteiger partial charge in [0, 0.05) is 31.8 Å². The monoisotopic (exact) mass is 479 g/mol. The number of halogens is 1. The summed E-state index contributed by atoms with van der Waals surface area (Å²) in [7, 11) is 0. The third-order valence-corrected chi connectivity index (χ3v) is 6.10. The van der Waals surface area contributed by atoms with Crippen LogP contribution in [0.1, 0.15) is 12.8 Å². The molecule has 0 amide bonds. The summed E-state index contributed by atoms with van der Waals surface area (Å²) in [6, 6.07) is 24.2. The first-order valence-corrected chi connectivity index (χ1v) is 11.3. The second-order valence-electron chi connectivity index (χ2n) is 7.76. The van der Waals surface area contributed by atoms with Crippen molar-refractivity contribution in [2.45, 2.75) is 12.8 Å². The van der Waals surface area contributed by atoms with Crippen molar-refractivity contribution in [3.63, 3.8) is 0 Å². The number of benzene rings is 3. The van der Waals surface area contributed by atoms with Gasteiger partial charge in [-0.05, 0) is 43.2 Å². The maximum Gasteiger partial charge on any atom is 0.164 e. The second-order valence-corrected chi connectivity index (χ2v) is 8.67.